The highest BCUT2D eigenvalue weighted by atomic mass is 32.1. The first-order chi connectivity index (χ1) is 8.11. The Hall–Kier alpha value is -1.36. The zero-order chi connectivity index (χ0) is 12.4. The third-order valence-corrected chi connectivity index (χ3v) is 4.04. The molecular weight excluding hydrogens is 238 g/mol. The molecule has 0 saturated carbocycles. The molecular formula is C12H15NO3S. The molecule has 0 aromatic carbocycles. The highest BCUT2D eigenvalue weighted by Crippen LogP contribution is 2.26. The molecule has 4 nitrogen and oxygen atoms in total. The van der Waals surface area contributed by atoms with Gasteiger partial charge in [0.15, 0.2) is 0 Å². The minimum Gasteiger partial charge on any atom is -0.480 e. The van der Waals surface area contributed by atoms with Crippen LogP contribution in [-0.2, 0) is 4.79 Å². The maximum atomic E-state index is 12.2. The van der Waals surface area contributed by atoms with Gasteiger partial charge in [0.25, 0.3) is 5.91 Å². The lowest BCUT2D eigenvalue weighted by Crippen LogP contribution is -2.51. The van der Waals surface area contributed by atoms with E-state index in [1.54, 1.807) is 12.1 Å². The van der Waals surface area contributed by atoms with Gasteiger partial charge in [-0.15, -0.1) is 11.3 Å². The van der Waals surface area contributed by atoms with Gasteiger partial charge in [-0.2, -0.15) is 0 Å². The van der Waals surface area contributed by atoms with Crippen LogP contribution in [0.15, 0.2) is 17.5 Å². The molecule has 0 radical (unpaired) electrons. The molecule has 2 heterocycles. The maximum Gasteiger partial charge on any atom is 0.326 e. The van der Waals surface area contributed by atoms with E-state index < -0.39 is 12.0 Å². The number of carboxylic acid groups (broad SMARTS) is 1. The second-order valence-electron chi connectivity index (χ2n) is 4.38. The minimum absolute atomic E-state index is 0.0187. The Labute approximate surface area is 104 Å². The average Bonchev–Trinajstić information content (AvgIpc) is 2.80. The Morgan fingerprint density at radius 2 is 2.29 bits per heavy atom. The second kappa shape index (κ2) is 4.87. The molecule has 1 fully saturated rings. The SMILES string of the molecule is CC1CCCN(C(=O)c2cccs2)C1C(=O)O. The van der Waals surface area contributed by atoms with Crippen LogP contribution in [0.2, 0.25) is 0 Å². The van der Waals surface area contributed by atoms with Gasteiger partial charge in [-0.3, -0.25) is 4.79 Å². The van der Waals surface area contributed by atoms with Gasteiger partial charge in [0.05, 0.1) is 4.88 Å². The van der Waals surface area contributed by atoms with Gasteiger partial charge in [0, 0.05) is 6.54 Å². The number of rotatable bonds is 2. The number of carbonyl (C=O) groups excluding carboxylic acids is 1. The number of hydrogen-bond acceptors (Lipinski definition) is 3. The molecule has 0 aliphatic carbocycles. The van der Waals surface area contributed by atoms with E-state index in [4.69, 9.17) is 0 Å². The lowest BCUT2D eigenvalue weighted by Gasteiger charge is -2.37. The number of aliphatic carboxylic acids is 1. The van der Waals surface area contributed by atoms with Gasteiger partial charge < -0.3 is 10.0 Å². The summed E-state index contributed by atoms with van der Waals surface area (Å²) in [7, 11) is 0. The Balaban J connectivity index is 2.23. The minimum atomic E-state index is -0.901. The molecule has 17 heavy (non-hydrogen) atoms. The van der Waals surface area contributed by atoms with Crippen LogP contribution in [0.3, 0.4) is 0 Å². The Morgan fingerprint density at radius 1 is 1.53 bits per heavy atom. The molecule has 1 N–H and O–H groups in total. The summed E-state index contributed by atoms with van der Waals surface area (Å²) in [5.41, 5.74) is 0. The Bertz CT molecular complexity index is 415. The molecule has 1 aromatic heterocycles. The van der Waals surface area contributed by atoms with E-state index in [9.17, 15) is 14.7 Å². The van der Waals surface area contributed by atoms with Crippen LogP contribution >= 0.6 is 11.3 Å². The van der Waals surface area contributed by atoms with E-state index in [-0.39, 0.29) is 11.8 Å². The summed E-state index contributed by atoms with van der Waals surface area (Å²) >= 11 is 1.36. The van der Waals surface area contributed by atoms with E-state index in [2.05, 4.69) is 0 Å². The topological polar surface area (TPSA) is 57.6 Å². The molecule has 5 heteroatoms. The fourth-order valence-electron chi connectivity index (χ4n) is 2.33. The summed E-state index contributed by atoms with van der Waals surface area (Å²) in [5.74, 6) is -1.04. The van der Waals surface area contributed by atoms with Crippen molar-refractivity contribution in [3.05, 3.63) is 22.4 Å². The summed E-state index contributed by atoms with van der Waals surface area (Å²) in [6.45, 7) is 2.44. The first-order valence-electron chi connectivity index (χ1n) is 5.68. The van der Waals surface area contributed by atoms with Crippen LogP contribution in [0.1, 0.15) is 29.4 Å². The fourth-order valence-corrected chi connectivity index (χ4v) is 3.01. The second-order valence-corrected chi connectivity index (χ2v) is 5.33. The molecule has 1 amide bonds. The van der Waals surface area contributed by atoms with Gasteiger partial charge in [0.1, 0.15) is 6.04 Å². The van der Waals surface area contributed by atoms with Crippen molar-refractivity contribution in [3.63, 3.8) is 0 Å². The van der Waals surface area contributed by atoms with Gasteiger partial charge in [-0.25, -0.2) is 4.79 Å². The van der Waals surface area contributed by atoms with Gasteiger partial charge in [0.2, 0.25) is 0 Å². The summed E-state index contributed by atoms with van der Waals surface area (Å²) in [6, 6.07) is 2.87. The number of nitrogens with zero attached hydrogens (tertiary/aromatic N) is 1. The molecule has 1 aliphatic rings. The lowest BCUT2D eigenvalue weighted by molar-refractivity contribution is -0.145. The Kier molecular flexibility index (Phi) is 3.47. The van der Waals surface area contributed by atoms with Crippen LogP contribution in [-0.4, -0.2) is 34.5 Å². The number of likely N-dealkylation sites (tertiary alicyclic amines) is 1. The first kappa shape index (κ1) is 12.1. The molecule has 2 rings (SSSR count). The normalized spacial score (nSPS) is 24.6. The molecule has 2 atom stereocenters. The third kappa shape index (κ3) is 2.34. The van der Waals surface area contributed by atoms with E-state index in [0.29, 0.717) is 11.4 Å². The summed E-state index contributed by atoms with van der Waals surface area (Å²) in [6.07, 6.45) is 1.74. The molecule has 1 aromatic rings. The molecule has 1 aliphatic heterocycles. The van der Waals surface area contributed by atoms with Crippen LogP contribution in [0.25, 0.3) is 0 Å². The van der Waals surface area contributed by atoms with Crippen molar-refractivity contribution in [2.75, 3.05) is 6.54 Å². The summed E-state index contributed by atoms with van der Waals surface area (Å²) in [4.78, 5) is 25.6. The summed E-state index contributed by atoms with van der Waals surface area (Å²) in [5, 5.41) is 11.1. The summed E-state index contributed by atoms with van der Waals surface area (Å²) < 4.78 is 0. The molecule has 1 saturated heterocycles. The smallest absolute Gasteiger partial charge is 0.326 e. The zero-order valence-electron chi connectivity index (χ0n) is 9.63. The number of carboxylic acids is 1. The van der Waals surface area contributed by atoms with E-state index in [1.807, 2.05) is 12.3 Å². The predicted octanol–water partition coefficient (Wildman–Crippen LogP) is 2.07. The maximum absolute atomic E-state index is 12.2. The van der Waals surface area contributed by atoms with Crippen molar-refractivity contribution in [1.29, 1.82) is 0 Å². The average molecular weight is 253 g/mol. The number of hydrogen-bond donors (Lipinski definition) is 1. The third-order valence-electron chi connectivity index (χ3n) is 3.18. The van der Waals surface area contributed by atoms with Crippen molar-refractivity contribution in [3.8, 4) is 0 Å². The van der Waals surface area contributed by atoms with Crippen molar-refractivity contribution in [2.24, 2.45) is 5.92 Å². The molecule has 0 spiro atoms. The lowest BCUT2D eigenvalue weighted by atomic mass is 9.90. The molecule has 2 unspecified atom stereocenters. The van der Waals surface area contributed by atoms with E-state index in [0.717, 1.165) is 12.8 Å². The van der Waals surface area contributed by atoms with Crippen molar-refractivity contribution < 1.29 is 14.7 Å². The van der Waals surface area contributed by atoms with Crippen molar-refractivity contribution >= 4 is 23.2 Å². The van der Waals surface area contributed by atoms with Crippen molar-refractivity contribution in [2.45, 2.75) is 25.8 Å². The van der Waals surface area contributed by atoms with Crippen LogP contribution < -0.4 is 0 Å². The van der Waals surface area contributed by atoms with E-state index >= 15 is 0 Å². The monoisotopic (exact) mass is 253 g/mol. The largest absolute Gasteiger partial charge is 0.480 e. The van der Waals surface area contributed by atoms with Gasteiger partial charge in [-0.1, -0.05) is 13.0 Å². The van der Waals surface area contributed by atoms with Crippen LogP contribution in [0, 0.1) is 5.92 Å². The zero-order valence-corrected chi connectivity index (χ0v) is 10.4. The van der Waals surface area contributed by atoms with Gasteiger partial charge in [-0.05, 0) is 30.2 Å². The molecule has 0 bridgehead atoms. The first-order valence-corrected chi connectivity index (χ1v) is 6.56. The number of carbonyl (C=O) groups is 2. The Morgan fingerprint density at radius 3 is 2.88 bits per heavy atom. The quantitative estimate of drug-likeness (QED) is 0.877. The highest BCUT2D eigenvalue weighted by molar-refractivity contribution is 7.12. The number of thiophene rings is 1. The highest BCUT2D eigenvalue weighted by Gasteiger charge is 2.37. The standard InChI is InChI=1S/C12H15NO3S/c1-8-4-2-6-13(10(8)12(15)16)11(14)9-5-3-7-17-9/h3,5,7-8,10H,2,4,6H2,1H3,(H,15,16). The molecule has 92 valence electrons. The van der Waals surface area contributed by atoms with E-state index in [1.165, 1.54) is 16.2 Å². The van der Waals surface area contributed by atoms with Crippen LogP contribution in [0.5, 0.6) is 0 Å². The fraction of sp³-hybridized carbons (Fsp3) is 0.500. The predicted molar refractivity (Wildman–Crippen MR) is 65.2 cm³/mol. The number of piperidine rings is 1. The van der Waals surface area contributed by atoms with Gasteiger partial charge >= 0.3 is 5.97 Å². The van der Waals surface area contributed by atoms with Crippen molar-refractivity contribution in [1.82, 2.24) is 4.90 Å². The number of amides is 1. The van der Waals surface area contributed by atoms with Crippen LogP contribution in [0.4, 0.5) is 0 Å².